The number of para-hydroxylation sites is 1. The van der Waals surface area contributed by atoms with Crippen molar-refractivity contribution in [3.8, 4) is 0 Å². The lowest BCUT2D eigenvalue weighted by molar-refractivity contribution is -0.137. The van der Waals surface area contributed by atoms with Gasteiger partial charge in [-0.15, -0.1) is 0 Å². The van der Waals surface area contributed by atoms with Gasteiger partial charge in [-0.3, -0.25) is 19.4 Å². The lowest BCUT2D eigenvalue weighted by Gasteiger charge is -2.28. The normalized spacial score (nSPS) is 17.9. The Hall–Kier alpha value is -2.96. The number of hydrogen-bond donors (Lipinski definition) is 1. The highest BCUT2D eigenvalue weighted by Gasteiger charge is 2.39. The van der Waals surface area contributed by atoms with Gasteiger partial charge >= 0.3 is 0 Å². The predicted molar refractivity (Wildman–Crippen MR) is 112 cm³/mol. The van der Waals surface area contributed by atoms with E-state index in [1.807, 2.05) is 61.5 Å². The summed E-state index contributed by atoms with van der Waals surface area (Å²) in [5, 5.41) is 3.24. The van der Waals surface area contributed by atoms with Gasteiger partial charge in [0.15, 0.2) is 0 Å². The summed E-state index contributed by atoms with van der Waals surface area (Å²) in [5.74, 6) is -0.518. The molecule has 0 spiro atoms. The molecule has 0 radical (unpaired) electrons. The monoisotopic (exact) mass is 391 g/mol. The minimum Gasteiger partial charge on any atom is -0.379 e. The number of morpholine rings is 1. The molecule has 6 nitrogen and oxygen atoms in total. The van der Waals surface area contributed by atoms with Crippen molar-refractivity contribution in [2.75, 3.05) is 44.7 Å². The van der Waals surface area contributed by atoms with Gasteiger partial charge in [0, 0.05) is 31.9 Å². The molecule has 0 aromatic heterocycles. The lowest BCUT2D eigenvalue weighted by atomic mass is 10.0. The zero-order chi connectivity index (χ0) is 20.2. The fourth-order valence-electron chi connectivity index (χ4n) is 3.68. The molecule has 2 amide bonds. The van der Waals surface area contributed by atoms with Crippen LogP contribution in [0.15, 0.2) is 60.3 Å². The minimum atomic E-state index is -0.273. The average Bonchev–Trinajstić information content (AvgIpc) is 2.99. The smallest absolute Gasteiger partial charge is 0.278 e. The van der Waals surface area contributed by atoms with E-state index < -0.39 is 0 Å². The Balaban J connectivity index is 1.62. The summed E-state index contributed by atoms with van der Waals surface area (Å²) >= 11 is 0. The molecule has 0 unspecified atom stereocenters. The molecule has 1 N–H and O–H groups in total. The molecule has 2 aliphatic rings. The zero-order valence-corrected chi connectivity index (χ0v) is 16.6. The van der Waals surface area contributed by atoms with Crippen LogP contribution in [0, 0.1) is 6.92 Å². The molecular weight excluding hydrogens is 366 g/mol. The van der Waals surface area contributed by atoms with Gasteiger partial charge in [0.2, 0.25) is 0 Å². The summed E-state index contributed by atoms with van der Waals surface area (Å²) < 4.78 is 5.38. The molecule has 2 aromatic rings. The molecule has 1 fully saturated rings. The summed E-state index contributed by atoms with van der Waals surface area (Å²) in [5.41, 5.74) is 3.36. The second-order valence-corrected chi connectivity index (χ2v) is 7.27. The van der Waals surface area contributed by atoms with E-state index >= 15 is 0 Å². The Morgan fingerprint density at radius 2 is 1.59 bits per heavy atom. The first-order valence-corrected chi connectivity index (χ1v) is 9.94. The third-order valence-electron chi connectivity index (χ3n) is 5.38. The van der Waals surface area contributed by atoms with Crippen molar-refractivity contribution in [3.63, 3.8) is 0 Å². The highest BCUT2D eigenvalue weighted by atomic mass is 16.5. The van der Waals surface area contributed by atoms with Crippen LogP contribution in [0.2, 0.25) is 0 Å². The maximum Gasteiger partial charge on any atom is 0.278 e. The molecule has 0 aliphatic carbocycles. The number of rotatable bonds is 6. The van der Waals surface area contributed by atoms with Crippen molar-refractivity contribution in [1.82, 2.24) is 9.80 Å². The first kappa shape index (κ1) is 19.4. The van der Waals surface area contributed by atoms with Gasteiger partial charge in [0.1, 0.15) is 5.70 Å². The van der Waals surface area contributed by atoms with Crippen LogP contribution in [0.3, 0.4) is 0 Å². The molecule has 2 aromatic carbocycles. The van der Waals surface area contributed by atoms with Crippen LogP contribution >= 0.6 is 0 Å². The van der Waals surface area contributed by atoms with Crippen molar-refractivity contribution < 1.29 is 14.3 Å². The van der Waals surface area contributed by atoms with Crippen LogP contribution in [-0.4, -0.2) is 61.0 Å². The maximum atomic E-state index is 13.2. The third kappa shape index (κ3) is 4.09. The van der Waals surface area contributed by atoms with E-state index in [0.29, 0.717) is 37.6 Å². The van der Waals surface area contributed by atoms with Crippen LogP contribution < -0.4 is 5.32 Å². The van der Waals surface area contributed by atoms with Crippen molar-refractivity contribution in [1.29, 1.82) is 0 Å². The number of amides is 2. The molecule has 0 saturated carbocycles. The molecule has 6 heteroatoms. The second kappa shape index (κ2) is 8.59. The number of imide groups is 1. The highest BCUT2D eigenvalue weighted by Crippen LogP contribution is 2.31. The second-order valence-electron chi connectivity index (χ2n) is 7.27. The Bertz CT molecular complexity index is 933. The number of carbonyl (C=O) groups excluding carboxylic acids is 2. The molecule has 29 heavy (non-hydrogen) atoms. The summed E-state index contributed by atoms with van der Waals surface area (Å²) in [7, 11) is 0. The molecule has 2 aliphatic heterocycles. The molecular formula is C23H25N3O3. The number of benzene rings is 2. The largest absolute Gasteiger partial charge is 0.379 e. The summed E-state index contributed by atoms with van der Waals surface area (Å²) in [6.45, 7) is 6.02. The number of ether oxygens (including phenoxy) is 1. The van der Waals surface area contributed by atoms with E-state index in [9.17, 15) is 9.59 Å². The van der Waals surface area contributed by atoms with Crippen molar-refractivity contribution in [3.05, 3.63) is 71.4 Å². The SMILES string of the molecule is Cc1ccccc1NC1=C(c2ccccc2)C(=O)N(CCN2CCOCC2)C1=O. The van der Waals surface area contributed by atoms with E-state index in [0.717, 1.165) is 29.9 Å². The maximum absolute atomic E-state index is 13.2. The third-order valence-corrected chi connectivity index (χ3v) is 5.38. The Morgan fingerprint density at radius 3 is 2.31 bits per heavy atom. The number of carbonyl (C=O) groups is 2. The summed E-state index contributed by atoms with van der Waals surface area (Å²) in [6.07, 6.45) is 0. The Morgan fingerprint density at radius 1 is 0.897 bits per heavy atom. The number of aryl methyl sites for hydroxylation is 1. The van der Waals surface area contributed by atoms with Gasteiger partial charge in [0.25, 0.3) is 11.8 Å². The van der Waals surface area contributed by atoms with Gasteiger partial charge in [-0.2, -0.15) is 0 Å². The quantitative estimate of drug-likeness (QED) is 0.767. The number of nitrogens with one attached hydrogen (secondary N) is 1. The molecule has 0 bridgehead atoms. The molecule has 2 heterocycles. The van der Waals surface area contributed by atoms with Crippen molar-refractivity contribution in [2.45, 2.75) is 6.92 Å². The van der Waals surface area contributed by atoms with E-state index in [2.05, 4.69) is 10.2 Å². The van der Waals surface area contributed by atoms with E-state index in [1.54, 1.807) is 0 Å². The van der Waals surface area contributed by atoms with Gasteiger partial charge in [0.05, 0.1) is 18.8 Å². The van der Waals surface area contributed by atoms with Crippen LogP contribution in [0.1, 0.15) is 11.1 Å². The standard InChI is InChI=1S/C23H25N3O3/c1-17-7-5-6-10-19(17)24-21-20(18-8-3-2-4-9-18)22(27)26(23(21)28)12-11-25-13-15-29-16-14-25/h2-10,24H,11-16H2,1H3. The first-order chi connectivity index (χ1) is 14.1. The fourth-order valence-corrected chi connectivity index (χ4v) is 3.68. The fraction of sp³-hybridized carbons (Fsp3) is 0.304. The van der Waals surface area contributed by atoms with Gasteiger partial charge in [-0.05, 0) is 24.1 Å². The van der Waals surface area contributed by atoms with E-state index in [1.165, 1.54) is 4.90 Å². The Kier molecular flexibility index (Phi) is 5.74. The minimum absolute atomic E-state index is 0.245. The van der Waals surface area contributed by atoms with Crippen LogP contribution in [-0.2, 0) is 14.3 Å². The average molecular weight is 391 g/mol. The molecule has 0 atom stereocenters. The highest BCUT2D eigenvalue weighted by molar-refractivity contribution is 6.36. The van der Waals surface area contributed by atoms with Crippen molar-refractivity contribution >= 4 is 23.1 Å². The number of hydrogen-bond acceptors (Lipinski definition) is 5. The van der Waals surface area contributed by atoms with Gasteiger partial charge in [-0.25, -0.2) is 0 Å². The van der Waals surface area contributed by atoms with Crippen molar-refractivity contribution in [2.24, 2.45) is 0 Å². The predicted octanol–water partition coefficient (Wildman–Crippen LogP) is 2.52. The summed E-state index contributed by atoms with van der Waals surface area (Å²) in [4.78, 5) is 30.0. The lowest BCUT2D eigenvalue weighted by Crippen LogP contribution is -2.43. The number of anilines is 1. The van der Waals surface area contributed by atoms with E-state index in [4.69, 9.17) is 4.74 Å². The van der Waals surface area contributed by atoms with E-state index in [-0.39, 0.29) is 11.8 Å². The number of nitrogens with zero attached hydrogens (tertiary/aromatic N) is 2. The summed E-state index contributed by atoms with van der Waals surface area (Å²) in [6, 6.07) is 17.1. The topological polar surface area (TPSA) is 61.9 Å². The molecule has 1 saturated heterocycles. The molecule has 4 rings (SSSR count). The zero-order valence-electron chi connectivity index (χ0n) is 16.6. The first-order valence-electron chi connectivity index (χ1n) is 9.94. The van der Waals surface area contributed by atoms with Crippen LogP contribution in [0.5, 0.6) is 0 Å². The van der Waals surface area contributed by atoms with Crippen LogP contribution in [0.25, 0.3) is 5.57 Å². The Labute approximate surface area is 170 Å². The van der Waals surface area contributed by atoms with Gasteiger partial charge in [-0.1, -0.05) is 48.5 Å². The molecule has 150 valence electrons. The van der Waals surface area contributed by atoms with Gasteiger partial charge < -0.3 is 10.1 Å². The van der Waals surface area contributed by atoms with Crippen LogP contribution in [0.4, 0.5) is 5.69 Å².